The zero-order valence-corrected chi connectivity index (χ0v) is 55.6. The van der Waals surface area contributed by atoms with Crippen molar-refractivity contribution in [1.29, 1.82) is 0 Å². The van der Waals surface area contributed by atoms with Crippen LogP contribution in [-0.2, 0) is 25.3 Å². The van der Waals surface area contributed by atoms with Crippen molar-refractivity contribution in [3.05, 3.63) is 115 Å². The Morgan fingerprint density at radius 2 is 1.01 bits per heavy atom. The molecule has 29 heteroatoms. The van der Waals surface area contributed by atoms with Gasteiger partial charge in [-0.25, -0.2) is 43.5 Å². The first-order valence-electron chi connectivity index (χ1n) is 32.9. The third-order valence-electron chi connectivity index (χ3n) is 19.1. The van der Waals surface area contributed by atoms with E-state index >= 15 is 0 Å². The number of nitrogens with one attached hydrogen (secondary N) is 4. The molecule has 0 aliphatic heterocycles. The average Bonchev–Trinajstić information content (AvgIpc) is 1.61. The zero-order chi connectivity index (χ0) is 68.5. The lowest BCUT2D eigenvalue weighted by Gasteiger charge is -2.27. The number of nitrogens with two attached hydrogens (primary N) is 3. The SMILES string of the molecule is CCOc1cccc2cc(-c3nc(C4CCC(CNC(C)=O)CC4)n4ncnc(N)c34)[nH]c12.COC(=O)C1CCC(c2nc(-c3cc4cccc(C(F)(F)F)c4s3)c3c(N)ncnn23)CC1.COc1cccc2cc(-c3nc(C4CCC(CNC(C)=O)CC4)n4ncnc(N)c34)[nH]c12. The minimum Gasteiger partial charge on any atom is -0.495 e. The number of nitrogens with zero attached hydrogens (tertiary/aromatic N) is 12. The lowest BCUT2D eigenvalue weighted by molar-refractivity contribution is -0.146. The van der Waals surface area contributed by atoms with Gasteiger partial charge in [0.05, 0.1) is 59.6 Å². The number of imidazole rings is 3. The van der Waals surface area contributed by atoms with Gasteiger partial charge in [0.25, 0.3) is 0 Å². The van der Waals surface area contributed by atoms with Crippen molar-refractivity contribution in [1.82, 2.24) is 79.3 Å². The summed E-state index contributed by atoms with van der Waals surface area (Å²) in [5.41, 5.74) is 25.5. The molecule has 9 aromatic heterocycles. The number of alkyl halides is 3. The maximum Gasteiger partial charge on any atom is 0.417 e. The molecule has 3 aliphatic carbocycles. The molecule has 2 amide bonds. The quantitative estimate of drug-likeness (QED) is 0.0497. The Balaban J connectivity index is 0.000000132. The molecular weight excluding hydrogens is 1280 g/mol. The standard InChI is InChI=1S/C24H29N7O2.C23H27N7O2.C22H20F3N5O2S/c1-3-33-19-6-4-5-17-11-18(29-20(17)19)21-22-23(25)27-13-28-31(22)24(30-21)16-9-7-15(8-10-16)12-26-14(2)32;1-13(31)25-11-14-6-8-15(9-7-14)23-29-20(21-22(24)26-12-27-30(21)23)17-10-16-4-3-5-18(32-2)19(16)28-17;1-32-21(31)12-7-5-11(6-8-12)20-29-16(17-19(26)27-10-28-30(17)20)15-9-13-3-2-4-14(18(13)33-15)22(23,24)25/h4-6,11,13,15-16,29H,3,7-10,12H2,1-2H3,(H,26,32)(H2,25,27,28);3-5,10,12,14-15,28H,6-9,11H2,1-2H3,(H,25,31)(H2,24,26,27);2-4,9-12H,5-8H2,1H3,(H2,26,27,28). The minimum absolute atomic E-state index is 0.0261. The first kappa shape index (κ1) is 66.2. The lowest BCUT2D eigenvalue weighted by Crippen LogP contribution is -2.29. The third-order valence-corrected chi connectivity index (χ3v) is 20.3. The van der Waals surface area contributed by atoms with Crippen LogP contribution < -0.4 is 37.3 Å². The Bertz CT molecular complexity index is 4910. The average molecular weight is 1360 g/mol. The molecular formula is C69H76F3N19O6S. The molecule has 25 nitrogen and oxygen atoms in total. The van der Waals surface area contributed by atoms with Crippen molar-refractivity contribution in [3.63, 3.8) is 0 Å². The van der Waals surface area contributed by atoms with E-state index in [0.717, 1.165) is 155 Å². The maximum absolute atomic E-state index is 13.5. The Morgan fingerprint density at radius 1 is 0.582 bits per heavy atom. The second-order valence-electron chi connectivity index (χ2n) is 25.3. The van der Waals surface area contributed by atoms with Gasteiger partial charge in [0.15, 0.2) is 17.5 Å². The second-order valence-corrected chi connectivity index (χ2v) is 26.4. The number of H-pyrrole nitrogens is 2. The van der Waals surface area contributed by atoms with E-state index in [1.165, 1.54) is 32.2 Å². The van der Waals surface area contributed by atoms with E-state index in [2.05, 4.69) is 63.0 Å². The van der Waals surface area contributed by atoms with Crippen LogP contribution in [0.2, 0.25) is 0 Å². The molecule has 15 rings (SSSR count). The molecule has 3 fully saturated rings. The number of hydrogen-bond acceptors (Lipinski definition) is 19. The van der Waals surface area contributed by atoms with Gasteiger partial charge in [0.2, 0.25) is 11.8 Å². The summed E-state index contributed by atoms with van der Waals surface area (Å²) in [5, 5.41) is 21.8. The summed E-state index contributed by atoms with van der Waals surface area (Å²) < 4.78 is 62.2. The van der Waals surface area contributed by atoms with Gasteiger partial charge in [-0.3, -0.25) is 14.4 Å². The van der Waals surface area contributed by atoms with Gasteiger partial charge >= 0.3 is 12.1 Å². The number of hydrogen-bond donors (Lipinski definition) is 7. The van der Waals surface area contributed by atoms with Gasteiger partial charge in [-0.15, -0.1) is 11.3 Å². The minimum atomic E-state index is -4.45. The van der Waals surface area contributed by atoms with Crippen LogP contribution in [0.4, 0.5) is 30.6 Å². The fourth-order valence-corrected chi connectivity index (χ4v) is 15.4. The molecule has 3 saturated carbocycles. The highest BCUT2D eigenvalue weighted by Crippen LogP contribution is 2.46. The molecule has 3 aliphatic rings. The highest BCUT2D eigenvalue weighted by molar-refractivity contribution is 7.22. The van der Waals surface area contributed by atoms with Crippen molar-refractivity contribution >= 4 is 95.0 Å². The van der Waals surface area contributed by atoms with Crippen LogP contribution in [0.15, 0.2) is 91.8 Å². The van der Waals surface area contributed by atoms with Crippen LogP contribution in [0.3, 0.4) is 0 Å². The Kier molecular flexibility index (Phi) is 18.9. The van der Waals surface area contributed by atoms with Crippen molar-refractivity contribution < 1.29 is 41.8 Å². The van der Waals surface area contributed by atoms with Gasteiger partial charge < -0.3 is 52.0 Å². The highest BCUT2D eigenvalue weighted by Gasteiger charge is 2.36. The molecule has 0 atom stereocenters. The molecule has 10 N–H and O–H groups in total. The van der Waals surface area contributed by atoms with Crippen LogP contribution in [0.5, 0.6) is 11.5 Å². The van der Waals surface area contributed by atoms with Crippen LogP contribution in [0, 0.1) is 17.8 Å². The predicted octanol–water partition coefficient (Wildman–Crippen LogP) is 12.0. The number of fused-ring (bicyclic) bond motifs is 6. The summed E-state index contributed by atoms with van der Waals surface area (Å²) >= 11 is 1.03. The number of rotatable bonds is 14. The van der Waals surface area contributed by atoms with Crippen molar-refractivity contribution in [2.75, 3.05) is 51.1 Å². The second kappa shape index (κ2) is 27.9. The number of carbonyl (C=O) groups is 3. The van der Waals surface area contributed by atoms with Crippen LogP contribution >= 0.6 is 11.3 Å². The van der Waals surface area contributed by atoms with Gasteiger partial charge in [-0.1, -0.05) is 36.4 Å². The molecule has 9 heterocycles. The Morgan fingerprint density at radius 3 is 1.46 bits per heavy atom. The number of aromatic nitrogens is 14. The molecule has 0 bridgehead atoms. The fourth-order valence-electron chi connectivity index (χ4n) is 14.2. The molecule has 12 aromatic rings. The molecule has 510 valence electrons. The molecule has 0 spiro atoms. The number of aromatic amines is 2. The number of amides is 2. The van der Waals surface area contributed by atoms with Gasteiger partial charge in [0, 0.05) is 60.2 Å². The van der Waals surface area contributed by atoms with E-state index in [1.807, 2.05) is 52.4 Å². The number of benzene rings is 3. The molecule has 0 saturated heterocycles. The van der Waals surface area contributed by atoms with Gasteiger partial charge in [-0.05, 0) is 138 Å². The first-order chi connectivity index (χ1) is 47.4. The van der Waals surface area contributed by atoms with Crippen LogP contribution in [-0.4, -0.2) is 120 Å². The number of para-hydroxylation sites is 2. The monoisotopic (exact) mass is 1360 g/mol. The number of thiophene rings is 1. The number of halogens is 3. The molecule has 98 heavy (non-hydrogen) atoms. The summed E-state index contributed by atoms with van der Waals surface area (Å²) in [6.45, 7) is 7.17. The van der Waals surface area contributed by atoms with E-state index < -0.39 is 11.7 Å². The summed E-state index contributed by atoms with van der Waals surface area (Å²) in [4.78, 5) is 69.3. The van der Waals surface area contributed by atoms with E-state index in [9.17, 15) is 27.6 Å². The normalized spacial score (nSPS) is 18.9. The zero-order valence-electron chi connectivity index (χ0n) is 54.8. The summed E-state index contributed by atoms with van der Waals surface area (Å²) in [5.74, 6) is 6.38. The molecule has 0 unspecified atom stereocenters. The summed E-state index contributed by atoms with van der Waals surface area (Å²) in [6.07, 6.45) is 10.7. The first-order valence-corrected chi connectivity index (χ1v) is 33.7. The summed E-state index contributed by atoms with van der Waals surface area (Å²) in [7, 11) is 3.05. The topological polar surface area (TPSA) is 342 Å². The Labute approximate surface area is 563 Å². The van der Waals surface area contributed by atoms with Crippen LogP contribution in [0.25, 0.3) is 81.8 Å². The number of esters is 1. The van der Waals surface area contributed by atoms with Crippen LogP contribution in [0.1, 0.15) is 139 Å². The van der Waals surface area contributed by atoms with Crippen molar-refractivity contribution in [2.45, 2.75) is 122 Å². The Hall–Kier alpha value is -10.5. The molecule has 3 aromatic carbocycles. The van der Waals surface area contributed by atoms with E-state index in [1.54, 1.807) is 37.6 Å². The third kappa shape index (κ3) is 13.3. The van der Waals surface area contributed by atoms with E-state index in [-0.39, 0.29) is 52.0 Å². The number of nitrogen functional groups attached to an aromatic ring is 3. The predicted molar refractivity (Wildman–Crippen MR) is 367 cm³/mol. The largest absolute Gasteiger partial charge is 0.495 e. The number of methoxy groups -OCH3 is 2. The fraction of sp³-hybridized carbons (Fsp3) is 0.391. The number of anilines is 3. The maximum atomic E-state index is 13.5. The van der Waals surface area contributed by atoms with Crippen molar-refractivity contribution in [2.24, 2.45) is 17.8 Å². The summed E-state index contributed by atoms with van der Waals surface area (Å²) in [6, 6.07) is 21.9. The number of carbonyl (C=O) groups excluding carboxylic acids is 3. The van der Waals surface area contributed by atoms with Crippen molar-refractivity contribution in [3.8, 4) is 44.8 Å². The van der Waals surface area contributed by atoms with E-state index in [4.69, 9.17) is 46.4 Å². The van der Waals surface area contributed by atoms with Gasteiger partial charge in [-0.2, -0.15) is 28.5 Å². The van der Waals surface area contributed by atoms with E-state index in [0.29, 0.717) is 88.6 Å². The highest BCUT2D eigenvalue weighted by atomic mass is 32.1. The molecule has 0 radical (unpaired) electrons. The lowest BCUT2D eigenvalue weighted by atomic mass is 9.81. The smallest absolute Gasteiger partial charge is 0.417 e. The van der Waals surface area contributed by atoms with Gasteiger partial charge in [0.1, 0.15) is 81.6 Å². The number of ether oxygens (including phenoxy) is 3.